The van der Waals surface area contributed by atoms with Crippen molar-refractivity contribution in [2.75, 3.05) is 4.81 Å². The van der Waals surface area contributed by atoms with Crippen molar-refractivity contribution in [3.63, 3.8) is 0 Å². The van der Waals surface area contributed by atoms with Crippen LogP contribution in [0.2, 0.25) is 0 Å². The van der Waals surface area contributed by atoms with Crippen LogP contribution in [0.5, 0.6) is 0 Å². The lowest BCUT2D eigenvalue weighted by Gasteiger charge is -2.57. The number of hydrogen-bond acceptors (Lipinski definition) is 2. The van der Waals surface area contributed by atoms with E-state index in [4.69, 9.17) is 4.42 Å². The second-order valence-electron chi connectivity index (χ2n) is 26.9. The Morgan fingerprint density at radius 1 is 0.480 bits per heavy atom. The molecule has 4 heterocycles. The van der Waals surface area contributed by atoms with Crippen LogP contribution in [0.4, 0.5) is 11.4 Å². The van der Waals surface area contributed by atoms with E-state index in [1.165, 1.54) is 182 Å². The van der Waals surface area contributed by atoms with Crippen molar-refractivity contribution in [3.05, 3.63) is 174 Å². The normalized spacial score (nSPS) is 28.5. The molecule has 0 N–H and O–H groups in total. The molecule has 0 amide bonds. The van der Waals surface area contributed by atoms with Gasteiger partial charge in [0.2, 0.25) is 0 Å². The number of furan rings is 1. The van der Waals surface area contributed by atoms with Crippen LogP contribution in [-0.4, -0.2) is 11.4 Å². The number of hydrogen-bond donors (Lipinski definition) is 0. The SMILES string of the molecule is CC1(C)c2ccccc2-c2cc3c4c(c21)-n1c2ccc(C56CC7CC(CC(C7)C5)C6)cc2c2cc(C56CC7CC(CC(C7)C5)C6)cc(c21)B4N(c1ccc(-c2ccccc2)cc1)c1cc2c(cc1-3)oc1ccccc12. The lowest BCUT2D eigenvalue weighted by atomic mass is 9.42. The predicted octanol–water partition coefficient (Wildman–Crippen LogP) is 16.8. The molecule has 364 valence electrons. The average molecular weight is 969 g/mol. The molecule has 11 aliphatic rings. The smallest absolute Gasteiger partial charge is 0.333 e. The zero-order valence-electron chi connectivity index (χ0n) is 43.3. The number of anilines is 2. The Balaban J connectivity index is 0.962. The van der Waals surface area contributed by atoms with Crippen molar-refractivity contribution >= 4 is 72.9 Å². The van der Waals surface area contributed by atoms with Crippen molar-refractivity contribution in [2.24, 2.45) is 35.5 Å². The Bertz CT molecular complexity index is 4120. The van der Waals surface area contributed by atoms with Crippen LogP contribution in [-0.2, 0) is 16.2 Å². The first kappa shape index (κ1) is 41.5. The Kier molecular flexibility index (Phi) is 7.73. The quantitative estimate of drug-likeness (QED) is 0.164. The van der Waals surface area contributed by atoms with E-state index in [-0.39, 0.29) is 17.7 Å². The second kappa shape index (κ2) is 14.0. The third-order valence-corrected chi connectivity index (χ3v) is 22.4. The molecule has 8 fully saturated rings. The van der Waals surface area contributed by atoms with Gasteiger partial charge in [-0.15, -0.1) is 0 Å². The van der Waals surface area contributed by atoms with Crippen molar-refractivity contribution in [1.82, 2.24) is 4.57 Å². The largest absolute Gasteiger partial charge is 0.456 e. The maximum Gasteiger partial charge on any atom is 0.333 e. The number of fused-ring (bicyclic) bond motifs is 14. The molecule has 10 aromatic rings. The van der Waals surface area contributed by atoms with Gasteiger partial charge in [-0.25, -0.2) is 0 Å². The van der Waals surface area contributed by atoms with Gasteiger partial charge >= 0.3 is 6.85 Å². The minimum absolute atomic E-state index is 0.0682. The van der Waals surface area contributed by atoms with Gasteiger partial charge < -0.3 is 13.8 Å². The van der Waals surface area contributed by atoms with Gasteiger partial charge in [-0.3, -0.25) is 0 Å². The molecule has 0 spiro atoms. The number of para-hydroxylation sites is 1. The Hall–Kier alpha value is -6.78. The van der Waals surface area contributed by atoms with Crippen LogP contribution >= 0.6 is 0 Å². The van der Waals surface area contributed by atoms with Gasteiger partial charge in [-0.2, -0.15) is 0 Å². The van der Waals surface area contributed by atoms with Crippen LogP contribution in [0.15, 0.2) is 156 Å². The number of nitrogens with zero attached hydrogens (tertiary/aromatic N) is 2. The molecule has 8 saturated carbocycles. The van der Waals surface area contributed by atoms with E-state index in [9.17, 15) is 0 Å². The second-order valence-corrected chi connectivity index (χ2v) is 26.9. The van der Waals surface area contributed by atoms with Crippen molar-refractivity contribution < 1.29 is 4.42 Å². The first-order chi connectivity index (χ1) is 36.7. The maximum absolute atomic E-state index is 6.87. The third-order valence-electron chi connectivity index (χ3n) is 22.4. The van der Waals surface area contributed by atoms with Crippen molar-refractivity contribution in [1.29, 1.82) is 0 Å². The molecule has 75 heavy (non-hydrogen) atoms. The first-order valence-corrected chi connectivity index (χ1v) is 29.1. The van der Waals surface area contributed by atoms with Gasteiger partial charge in [0.25, 0.3) is 0 Å². The summed E-state index contributed by atoms with van der Waals surface area (Å²) in [6.45, 7) is 4.97. The molecule has 8 aromatic carbocycles. The lowest BCUT2D eigenvalue weighted by Crippen LogP contribution is -2.61. The van der Waals surface area contributed by atoms with E-state index in [1.54, 1.807) is 11.1 Å². The summed E-state index contributed by atoms with van der Waals surface area (Å²) in [5.41, 5.74) is 25.9. The highest BCUT2D eigenvalue weighted by atomic mass is 16.3. The summed E-state index contributed by atoms with van der Waals surface area (Å²) in [6.07, 6.45) is 17.0. The van der Waals surface area contributed by atoms with E-state index in [2.05, 4.69) is 175 Å². The summed E-state index contributed by atoms with van der Waals surface area (Å²) in [5, 5.41) is 5.35. The topological polar surface area (TPSA) is 21.3 Å². The Morgan fingerprint density at radius 2 is 1.11 bits per heavy atom. The number of aromatic nitrogens is 1. The molecule has 0 radical (unpaired) electrons. The zero-order valence-corrected chi connectivity index (χ0v) is 43.3. The molecule has 0 saturated heterocycles. The van der Waals surface area contributed by atoms with Crippen LogP contribution < -0.4 is 15.7 Å². The Morgan fingerprint density at radius 3 is 1.83 bits per heavy atom. The fraction of sp³-hybridized carbons (Fsp3) is 0.324. The average Bonchev–Trinajstić information content (AvgIpc) is 4.28. The molecule has 0 atom stereocenters. The molecular weight excluding hydrogens is 908 g/mol. The molecule has 3 nitrogen and oxygen atoms in total. The van der Waals surface area contributed by atoms with Gasteiger partial charge in [-0.1, -0.05) is 111 Å². The fourth-order valence-electron chi connectivity index (χ4n) is 20.3. The maximum atomic E-state index is 6.87. The highest BCUT2D eigenvalue weighted by Gasteiger charge is 2.55. The minimum atomic E-state index is -0.231. The minimum Gasteiger partial charge on any atom is -0.456 e. The van der Waals surface area contributed by atoms with Crippen LogP contribution in [0.1, 0.15) is 113 Å². The monoisotopic (exact) mass is 968 g/mol. The van der Waals surface area contributed by atoms with Crippen LogP contribution in [0, 0.1) is 35.5 Å². The van der Waals surface area contributed by atoms with Crippen LogP contribution in [0.25, 0.3) is 82.8 Å². The first-order valence-electron chi connectivity index (χ1n) is 29.1. The van der Waals surface area contributed by atoms with Gasteiger partial charge in [0.05, 0.1) is 11.0 Å². The van der Waals surface area contributed by atoms with Crippen molar-refractivity contribution in [3.8, 4) is 39.1 Å². The number of rotatable bonds is 4. The summed E-state index contributed by atoms with van der Waals surface area (Å²) in [5.74, 6) is 5.29. The van der Waals surface area contributed by atoms with E-state index in [0.29, 0.717) is 5.41 Å². The van der Waals surface area contributed by atoms with Crippen molar-refractivity contribution in [2.45, 2.75) is 107 Å². The molecular formula is C71H61BN2O. The highest BCUT2D eigenvalue weighted by molar-refractivity contribution is 6.93. The van der Waals surface area contributed by atoms with Gasteiger partial charge in [0, 0.05) is 49.6 Å². The summed E-state index contributed by atoms with van der Waals surface area (Å²) >= 11 is 0. The summed E-state index contributed by atoms with van der Waals surface area (Å²) in [4.78, 5) is 2.80. The molecule has 8 bridgehead atoms. The third kappa shape index (κ3) is 5.30. The summed E-state index contributed by atoms with van der Waals surface area (Å²) in [6, 6.07) is 59.9. The highest BCUT2D eigenvalue weighted by Crippen LogP contribution is 2.64. The molecule has 2 aromatic heterocycles. The molecule has 2 aliphatic heterocycles. The zero-order chi connectivity index (χ0) is 48.8. The van der Waals surface area contributed by atoms with Gasteiger partial charge in [-0.05, 0) is 239 Å². The summed E-state index contributed by atoms with van der Waals surface area (Å²) in [7, 11) is 0. The van der Waals surface area contributed by atoms with E-state index in [1.807, 2.05) is 0 Å². The molecule has 4 heteroatoms. The van der Waals surface area contributed by atoms with Gasteiger partial charge in [0.1, 0.15) is 11.2 Å². The van der Waals surface area contributed by atoms with E-state index in [0.717, 1.165) is 46.7 Å². The molecule has 0 unspecified atom stereocenters. The predicted molar refractivity (Wildman–Crippen MR) is 310 cm³/mol. The standard InChI is InChI=1S/C71H61BN2O/c1-69(2)59-14-8-6-12-51(59)56-31-57-54-33-64-55(52-13-7-9-15-63(52)75-64)32-62(54)74(50-19-16-47(17-20-50)46-10-4-3-5-11-46)72-60-30-49(71-37-43-25-44(38-71)27-45(26-43)39-71)29-58-53-28-48(70-34-40-22-41(35-70)24-42(23-40)36-70)18-21-61(53)73(67(58)60)68(65(56)69)66(57)72/h3-21,28-33,40-45H,22-27,34-39H2,1-2H3. The lowest BCUT2D eigenvalue weighted by molar-refractivity contribution is -0.00526. The Labute approximate surface area is 440 Å². The summed E-state index contributed by atoms with van der Waals surface area (Å²) < 4.78 is 9.73. The molecule has 9 aliphatic carbocycles. The van der Waals surface area contributed by atoms with E-state index < -0.39 is 0 Å². The number of benzene rings is 8. The van der Waals surface area contributed by atoms with E-state index >= 15 is 0 Å². The van der Waals surface area contributed by atoms with Crippen LogP contribution in [0.3, 0.4) is 0 Å². The van der Waals surface area contributed by atoms with Gasteiger partial charge in [0.15, 0.2) is 0 Å². The fourth-order valence-corrected chi connectivity index (χ4v) is 20.3. The molecule has 21 rings (SSSR count).